The van der Waals surface area contributed by atoms with Gasteiger partial charge in [0.15, 0.2) is 0 Å². The minimum Gasteiger partial charge on any atom is -0.481 e. The zero-order chi connectivity index (χ0) is 28.4. The number of aryl methyl sites for hydroxylation is 2. The summed E-state index contributed by atoms with van der Waals surface area (Å²) < 4.78 is 36.7. The quantitative estimate of drug-likeness (QED) is 0.395. The summed E-state index contributed by atoms with van der Waals surface area (Å²) in [4.78, 5) is 16.6. The van der Waals surface area contributed by atoms with Crippen molar-refractivity contribution in [3.8, 4) is 0 Å². The van der Waals surface area contributed by atoms with Crippen LogP contribution in [0, 0.1) is 18.3 Å². The highest BCUT2D eigenvalue weighted by atomic mass is 32.2. The molecule has 11 heteroatoms. The number of pyridine rings is 1. The molecule has 39 heavy (non-hydrogen) atoms. The summed E-state index contributed by atoms with van der Waals surface area (Å²) in [5.41, 5.74) is 2.48. The molecule has 4 rings (SSSR count). The van der Waals surface area contributed by atoms with Crippen LogP contribution < -0.4 is 0 Å². The highest BCUT2D eigenvalue weighted by Gasteiger charge is 2.40. The Labute approximate surface area is 230 Å². The molecule has 1 aliphatic rings. The van der Waals surface area contributed by atoms with Gasteiger partial charge in [0.05, 0.1) is 24.3 Å². The molecule has 1 N–H and O–H groups in total. The number of ether oxygens (including phenoxy) is 1. The smallest absolute Gasteiger partial charge is 0.312 e. The van der Waals surface area contributed by atoms with Crippen molar-refractivity contribution < 1.29 is 23.1 Å². The molecule has 2 aromatic heterocycles. The number of carboxylic acid groups (broad SMARTS) is 1. The molecule has 0 fully saturated rings. The third-order valence-electron chi connectivity index (χ3n) is 7.24. The monoisotopic (exact) mass is 555 g/mol. The molecule has 0 saturated heterocycles. The van der Waals surface area contributed by atoms with E-state index < -0.39 is 27.5 Å². The SMILES string of the molecule is CCCn1cc(COC(c2ccc(C)c(CN3C[C@@H](C)Cc4ccncc4S3(=O)=O)c2)C(C)(C)C(=O)O)nn1. The van der Waals surface area contributed by atoms with Crippen LogP contribution in [-0.2, 0) is 45.7 Å². The first-order valence-corrected chi connectivity index (χ1v) is 14.6. The van der Waals surface area contributed by atoms with Gasteiger partial charge in [-0.3, -0.25) is 14.5 Å². The van der Waals surface area contributed by atoms with Crippen LogP contribution in [0.25, 0.3) is 0 Å². The van der Waals surface area contributed by atoms with Gasteiger partial charge >= 0.3 is 5.97 Å². The fourth-order valence-electron chi connectivity index (χ4n) is 4.94. The summed E-state index contributed by atoms with van der Waals surface area (Å²) in [7, 11) is -3.76. The Morgan fingerprint density at radius 2 is 2.05 bits per heavy atom. The third-order valence-corrected chi connectivity index (χ3v) is 9.12. The summed E-state index contributed by atoms with van der Waals surface area (Å²) in [5.74, 6) is -0.882. The van der Waals surface area contributed by atoms with Crippen LogP contribution in [0.15, 0.2) is 47.8 Å². The minimum absolute atomic E-state index is 0.0934. The highest BCUT2D eigenvalue weighted by molar-refractivity contribution is 7.89. The van der Waals surface area contributed by atoms with E-state index >= 15 is 0 Å². The van der Waals surface area contributed by atoms with Gasteiger partial charge < -0.3 is 9.84 Å². The molecule has 210 valence electrons. The third kappa shape index (κ3) is 6.21. The molecule has 3 aromatic rings. The zero-order valence-electron chi connectivity index (χ0n) is 23.2. The van der Waals surface area contributed by atoms with Gasteiger partial charge in [-0.15, -0.1) is 5.10 Å². The van der Waals surface area contributed by atoms with Crippen LogP contribution in [0.5, 0.6) is 0 Å². The molecule has 1 aliphatic heterocycles. The van der Waals surface area contributed by atoms with Gasteiger partial charge in [0, 0.05) is 32.0 Å². The van der Waals surface area contributed by atoms with E-state index in [2.05, 4.69) is 15.3 Å². The number of carboxylic acids is 1. The first kappa shape index (κ1) is 28.8. The first-order chi connectivity index (χ1) is 18.4. The molecule has 0 radical (unpaired) electrons. The number of sulfonamides is 1. The average Bonchev–Trinajstić information content (AvgIpc) is 3.29. The Balaban J connectivity index is 1.65. The Hall–Kier alpha value is -3.15. The normalized spacial score (nSPS) is 18.3. The fraction of sp³-hybridized carbons (Fsp3) is 0.500. The molecule has 2 atom stereocenters. The predicted molar refractivity (Wildman–Crippen MR) is 145 cm³/mol. The van der Waals surface area contributed by atoms with E-state index in [9.17, 15) is 18.3 Å². The van der Waals surface area contributed by atoms with Crippen LogP contribution >= 0.6 is 0 Å². The number of aromatic nitrogens is 4. The maximum Gasteiger partial charge on any atom is 0.312 e. The molecule has 0 saturated carbocycles. The van der Waals surface area contributed by atoms with E-state index in [-0.39, 0.29) is 24.0 Å². The molecular weight excluding hydrogens is 518 g/mol. The average molecular weight is 556 g/mol. The Morgan fingerprint density at radius 1 is 1.28 bits per heavy atom. The maximum atomic E-state index is 13.6. The number of benzene rings is 1. The van der Waals surface area contributed by atoms with E-state index in [1.54, 1.807) is 37.0 Å². The molecule has 3 heterocycles. The fourth-order valence-corrected chi connectivity index (χ4v) is 6.66. The van der Waals surface area contributed by atoms with Gasteiger partial charge in [0.2, 0.25) is 10.0 Å². The zero-order valence-corrected chi connectivity index (χ0v) is 24.0. The number of hydrogen-bond acceptors (Lipinski definition) is 7. The second kappa shape index (κ2) is 11.5. The molecule has 1 aromatic carbocycles. The lowest BCUT2D eigenvalue weighted by Crippen LogP contribution is -2.34. The largest absolute Gasteiger partial charge is 0.481 e. The van der Waals surface area contributed by atoms with Crippen molar-refractivity contribution in [2.45, 2.75) is 78.2 Å². The lowest BCUT2D eigenvalue weighted by Gasteiger charge is -2.31. The molecular formula is C28H37N5O5S. The van der Waals surface area contributed by atoms with E-state index in [1.165, 1.54) is 10.5 Å². The molecule has 0 amide bonds. The van der Waals surface area contributed by atoms with Gasteiger partial charge in [0.25, 0.3) is 0 Å². The molecule has 0 bridgehead atoms. The summed E-state index contributed by atoms with van der Waals surface area (Å²) >= 11 is 0. The van der Waals surface area contributed by atoms with Crippen LogP contribution in [0.3, 0.4) is 0 Å². The maximum absolute atomic E-state index is 13.6. The minimum atomic E-state index is -3.76. The topological polar surface area (TPSA) is 128 Å². The summed E-state index contributed by atoms with van der Waals surface area (Å²) in [6, 6.07) is 7.38. The van der Waals surface area contributed by atoms with Gasteiger partial charge in [0.1, 0.15) is 10.6 Å². The van der Waals surface area contributed by atoms with Crippen LogP contribution in [0.1, 0.15) is 68.2 Å². The number of fused-ring (bicyclic) bond motifs is 1. The molecule has 10 nitrogen and oxygen atoms in total. The van der Waals surface area contributed by atoms with Crippen molar-refractivity contribution in [3.63, 3.8) is 0 Å². The number of rotatable bonds is 10. The van der Waals surface area contributed by atoms with Crippen LogP contribution in [0.2, 0.25) is 0 Å². The Morgan fingerprint density at radius 3 is 2.77 bits per heavy atom. The number of carbonyl (C=O) groups is 1. The molecule has 0 spiro atoms. The van der Waals surface area contributed by atoms with Crippen molar-refractivity contribution in [3.05, 3.63) is 70.8 Å². The van der Waals surface area contributed by atoms with Crippen molar-refractivity contribution in [1.29, 1.82) is 0 Å². The predicted octanol–water partition coefficient (Wildman–Crippen LogP) is 4.14. The van der Waals surface area contributed by atoms with Gasteiger partial charge in [-0.2, -0.15) is 4.31 Å². The first-order valence-electron chi connectivity index (χ1n) is 13.2. The van der Waals surface area contributed by atoms with Crippen LogP contribution in [0.4, 0.5) is 0 Å². The van der Waals surface area contributed by atoms with Crippen molar-refractivity contribution in [2.75, 3.05) is 6.54 Å². The van der Waals surface area contributed by atoms with Crippen LogP contribution in [-0.4, -0.2) is 50.3 Å². The Bertz CT molecular complexity index is 1440. The van der Waals surface area contributed by atoms with Gasteiger partial charge in [-0.1, -0.05) is 37.3 Å². The highest BCUT2D eigenvalue weighted by Crippen LogP contribution is 2.39. The summed E-state index contributed by atoms with van der Waals surface area (Å²) in [6.45, 7) is 10.6. The standard InChI is InChI=1S/C28H37N5O5S/c1-6-11-32-17-24(30-31-32)18-38-26(28(4,5)27(34)35)22-8-7-20(3)23(13-22)16-33-15-19(2)12-21-9-10-29-14-25(21)39(33,36)37/h7-10,13-14,17,19,26H,6,11-12,15-16,18H2,1-5H3,(H,34,35)/t19-,26?/m0/s1. The van der Waals surface area contributed by atoms with Gasteiger partial charge in [-0.05, 0) is 67.9 Å². The second-order valence-electron chi connectivity index (χ2n) is 11.0. The van der Waals surface area contributed by atoms with Gasteiger partial charge in [-0.25, -0.2) is 8.42 Å². The lowest BCUT2D eigenvalue weighted by molar-refractivity contribution is -0.158. The lowest BCUT2D eigenvalue weighted by atomic mass is 9.81. The number of nitrogens with zero attached hydrogens (tertiary/aromatic N) is 5. The second-order valence-corrected chi connectivity index (χ2v) is 12.9. The summed E-state index contributed by atoms with van der Waals surface area (Å²) in [6.07, 6.45) is 5.60. The van der Waals surface area contributed by atoms with Crippen molar-refractivity contribution in [1.82, 2.24) is 24.3 Å². The Kier molecular flexibility index (Phi) is 8.53. The van der Waals surface area contributed by atoms with Crippen molar-refractivity contribution in [2.24, 2.45) is 11.3 Å². The van der Waals surface area contributed by atoms with E-state index in [1.807, 2.05) is 39.0 Å². The van der Waals surface area contributed by atoms with E-state index in [4.69, 9.17) is 4.74 Å². The van der Waals surface area contributed by atoms with E-state index in [0.29, 0.717) is 24.2 Å². The number of hydrogen-bond donors (Lipinski definition) is 1. The number of aliphatic carboxylic acids is 1. The molecule has 0 aliphatic carbocycles. The summed E-state index contributed by atoms with van der Waals surface area (Å²) in [5, 5.41) is 18.3. The molecule has 1 unspecified atom stereocenters. The van der Waals surface area contributed by atoms with E-state index in [0.717, 1.165) is 29.7 Å². The van der Waals surface area contributed by atoms with Crippen molar-refractivity contribution >= 4 is 16.0 Å².